The van der Waals surface area contributed by atoms with Gasteiger partial charge >= 0.3 is 5.97 Å². The van der Waals surface area contributed by atoms with Crippen molar-refractivity contribution in [2.75, 3.05) is 13.2 Å². The van der Waals surface area contributed by atoms with Gasteiger partial charge in [-0.2, -0.15) is 0 Å². The van der Waals surface area contributed by atoms with Crippen molar-refractivity contribution in [2.24, 2.45) is 0 Å². The quantitative estimate of drug-likeness (QED) is 0.609. The second kappa shape index (κ2) is 9.64. The smallest absolute Gasteiger partial charge is 0.331 e. The zero-order chi connectivity index (χ0) is 18.1. The van der Waals surface area contributed by atoms with E-state index in [1.807, 2.05) is 49.4 Å². The average Bonchev–Trinajstić information content (AvgIpc) is 2.59. The number of ether oxygens (including phenoxy) is 1. The zero-order valence-electron chi connectivity index (χ0n) is 14.0. The molecule has 0 bridgehead atoms. The lowest BCUT2D eigenvalue weighted by molar-refractivity contribution is -0.143. The standard InChI is InChI=1S/C20H20ClNO3/c1-15-5-2-3-7-17(15)9-10-20(24)25-14-19(23)22-12-11-16-6-4-8-18(21)13-16/h2-10,13H,11-12,14H2,1H3,(H,22,23)/b10-9+. The lowest BCUT2D eigenvalue weighted by atomic mass is 10.1. The number of hydrogen-bond acceptors (Lipinski definition) is 3. The molecule has 2 aromatic carbocycles. The average molecular weight is 358 g/mol. The Morgan fingerprint density at radius 2 is 1.96 bits per heavy atom. The van der Waals surface area contributed by atoms with E-state index in [-0.39, 0.29) is 12.5 Å². The third kappa shape index (κ3) is 6.81. The van der Waals surface area contributed by atoms with Crippen LogP contribution in [0, 0.1) is 6.92 Å². The normalized spacial score (nSPS) is 10.6. The van der Waals surface area contributed by atoms with Crippen LogP contribution in [-0.2, 0) is 20.7 Å². The van der Waals surface area contributed by atoms with Gasteiger partial charge in [0.25, 0.3) is 5.91 Å². The molecule has 0 spiro atoms. The van der Waals surface area contributed by atoms with Gasteiger partial charge in [0.05, 0.1) is 0 Å². The number of benzene rings is 2. The third-order valence-electron chi connectivity index (χ3n) is 3.56. The van der Waals surface area contributed by atoms with Crippen LogP contribution in [0.25, 0.3) is 6.08 Å². The first kappa shape index (κ1) is 18.7. The lowest BCUT2D eigenvalue weighted by Crippen LogP contribution is -2.30. The largest absolute Gasteiger partial charge is 0.452 e. The number of carbonyl (C=O) groups is 2. The fourth-order valence-electron chi connectivity index (χ4n) is 2.21. The molecular weight excluding hydrogens is 338 g/mol. The Morgan fingerprint density at radius 3 is 2.72 bits per heavy atom. The molecule has 1 amide bonds. The highest BCUT2D eigenvalue weighted by Gasteiger charge is 2.05. The number of amides is 1. The van der Waals surface area contributed by atoms with Gasteiger partial charge in [0.15, 0.2) is 6.61 Å². The van der Waals surface area contributed by atoms with Gasteiger partial charge in [0.2, 0.25) is 0 Å². The van der Waals surface area contributed by atoms with Crippen LogP contribution in [0.2, 0.25) is 5.02 Å². The minimum Gasteiger partial charge on any atom is -0.452 e. The number of nitrogens with one attached hydrogen (secondary N) is 1. The van der Waals surface area contributed by atoms with Gasteiger partial charge in [-0.15, -0.1) is 0 Å². The molecule has 0 aliphatic rings. The van der Waals surface area contributed by atoms with Crippen molar-refractivity contribution in [3.63, 3.8) is 0 Å². The Morgan fingerprint density at radius 1 is 1.16 bits per heavy atom. The minimum absolute atomic E-state index is 0.299. The number of hydrogen-bond donors (Lipinski definition) is 1. The van der Waals surface area contributed by atoms with E-state index >= 15 is 0 Å². The molecule has 0 fully saturated rings. The van der Waals surface area contributed by atoms with Crippen LogP contribution in [0.15, 0.2) is 54.6 Å². The molecule has 2 aromatic rings. The molecule has 0 radical (unpaired) electrons. The molecule has 0 saturated heterocycles. The number of carbonyl (C=O) groups excluding carboxylic acids is 2. The Hall–Kier alpha value is -2.59. The summed E-state index contributed by atoms with van der Waals surface area (Å²) in [5, 5.41) is 3.37. The van der Waals surface area contributed by atoms with E-state index in [1.165, 1.54) is 6.08 Å². The molecule has 130 valence electrons. The van der Waals surface area contributed by atoms with Crippen molar-refractivity contribution in [1.29, 1.82) is 0 Å². The van der Waals surface area contributed by atoms with Crippen molar-refractivity contribution >= 4 is 29.6 Å². The highest BCUT2D eigenvalue weighted by Crippen LogP contribution is 2.10. The van der Waals surface area contributed by atoms with Crippen molar-refractivity contribution in [3.8, 4) is 0 Å². The molecular formula is C20H20ClNO3. The van der Waals surface area contributed by atoms with Gasteiger partial charge in [-0.3, -0.25) is 4.79 Å². The second-order valence-corrected chi connectivity index (χ2v) is 5.96. The summed E-state index contributed by atoms with van der Waals surface area (Å²) in [6.07, 6.45) is 3.66. The first-order valence-electron chi connectivity index (χ1n) is 7.96. The topological polar surface area (TPSA) is 55.4 Å². The minimum atomic E-state index is -0.548. The van der Waals surface area contributed by atoms with Crippen molar-refractivity contribution in [1.82, 2.24) is 5.32 Å². The molecule has 0 aliphatic heterocycles. The lowest BCUT2D eigenvalue weighted by Gasteiger charge is -2.06. The van der Waals surface area contributed by atoms with E-state index < -0.39 is 5.97 Å². The van der Waals surface area contributed by atoms with E-state index in [2.05, 4.69) is 5.32 Å². The van der Waals surface area contributed by atoms with Gasteiger partial charge in [0.1, 0.15) is 0 Å². The fraction of sp³-hybridized carbons (Fsp3) is 0.200. The summed E-state index contributed by atoms with van der Waals surface area (Å²) in [7, 11) is 0. The number of rotatable bonds is 7. The van der Waals surface area contributed by atoms with E-state index in [4.69, 9.17) is 16.3 Å². The Balaban J connectivity index is 1.69. The second-order valence-electron chi connectivity index (χ2n) is 5.53. The first-order valence-corrected chi connectivity index (χ1v) is 8.34. The van der Waals surface area contributed by atoms with Crippen molar-refractivity contribution < 1.29 is 14.3 Å². The Labute approximate surface area is 152 Å². The molecule has 0 unspecified atom stereocenters. The van der Waals surface area contributed by atoms with Crippen LogP contribution >= 0.6 is 11.6 Å². The van der Waals surface area contributed by atoms with Gasteiger partial charge in [-0.05, 0) is 48.2 Å². The fourth-order valence-corrected chi connectivity index (χ4v) is 2.42. The van der Waals surface area contributed by atoms with Crippen LogP contribution in [0.4, 0.5) is 0 Å². The molecule has 2 rings (SSSR count). The van der Waals surface area contributed by atoms with E-state index in [0.29, 0.717) is 18.0 Å². The van der Waals surface area contributed by atoms with Crippen LogP contribution in [0.3, 0.4) is 0 Å². The monoisotopic (exact) mass is 357 g/mol. The van der Waals surface area contributed by atoms with Crippen molar-refractivity contribution in [2.45, 2.75) is 13.3 Å². The Bertz CT molecular complexity index is 771. The molecule has 0 heterocycles. The van der Waals surface area contributed by atoms with Gasteiger partial charge < -0.3 is 10.1 Å². The summed E-state index contributed by atoms with van der Waals surface area (Å²) in [5.74, 6) is -0.882. The SMILES string of the molecule is Cc1ccccc1/C=C/C(=O)OCC(=O)NCCc1cccc(Cl)c1. The van der Waals surface area contributed by atoms with Gasteiger partial charge in [-0.1, -0.05) is 48.0 Å². The summed E-state index contributed by atoms with van der Waals surface area (Å²) in [4.78, 5) is 23.4. The van der Waals surface area contributed by atoms with Crippen molar-refractivity contribution in [3.05, 3.63) is 76.3 Å². The number of halogens is 1. The van der Waals surface area contributed by atoms with Gasteiger partial charge in [-0.25, -0.2) is 4.79 Å². The highest BCUT2D eigenvalue weighted by molar-refractivity contribution is 6.30. The predicted octanol–water partition coefficient (Wildman–Crippen LogP) is 3.56. The summed E-state index contributed by atoms with van der Waals surface area (Å²) in [6.45, 7) is 2.11. The summed E-state index contributed by atoms with van der Waals surface area (Å²) >= 11 is 5.90. The number of aryl methyl sites for hydroxylation is 1. The van der Waals surface area contributed by atoms with E-state index in [9.17, 15) is 9.59 Å². The molecule has 25 heavy (non-hydrogen) atoms. The maximum Gasteiger partial charge on any atom is 0.331 e. The number of esters is 1. The maximum absolute atomic E-state index is 11.7. The molecule has 4 nitrogen and oxygen atoms in total. The van der Waals surface area contributed by atoms with E-state index in [0.717, 1.165) is 16.7 Å². The molecule has 5 heteroatoms. The molecule has 0 atom stereocenters. The highest BCUT2D eigenvalue weighted by atomic mass is 35.5. The van der Waals surface area contributed by atoms with Crippen LogP contribution < -0.4 is 5.32 Å². The predicted molar refractivity (Wildman–Crippen MR) is 99.3 cm³/mol. The van der Waals surface area contributed by atoms with Gasteiger partial charge in [0, 0.05) is 17.6 Å². The van der Waals surface area contributed by atoms with E-state index in [1.54, 1.807) is 12.1 Å². The van der Waals surface area contributed by atoms with Crippen LogP contribution in [0.5, 0.6) is 0 Å². The molecule has 0 aliphatic carbocycles. The summed E-state index contributed by atoms with van der Waals surface area (Å²) < 4.78 is 4.93. The molecule has 0 aromatic heterocycles. The van der Waals surface area contributed by atoms with Crippen LogP contribution in [-0.4, -0.2) is 25.0 Å². The molecule has 1 N–H and O–H groups in total. The molecule has 0 saturated carbocycles. The maximum atomic E-state index is 11.7. The van der Waals surface area contributed by atoms with Crippen LogP contribution in [0.1, 0.15) is 16.7 Å². The third-order valence-corrected chi connectivity index (χ3v) is 3.79. The Kier molecular flexibility index (Phi) is 7.23. The first-order chi connectivity index (χ1) is 12.0. The summed E-state index contributed by atoms with van der Waals surface area (Å²) in [6, 6.07) is 15.1. The zero-order valence-corrected chi connectivity index (χ0v) is 14.8. The summed E-state index contributed by atoms with van der Waals surface area (Å²) in [5.41, 5.74) is 3.03.